The number of thiophene rings is 1. The summed E-state index contributed by atoms with van der Waals surface area (Å²) in [7, 11) is 0. The zero-order valence-corrected chi connectivity index (χ0v) is 17.0. The molecule has 0 aliphatic carbocycles. The van der Waals surface area contributed by atoms with Crippen molar-refractivity contribution in [2.45, 2.75) is 19.6 Å². The Bertz CT molecular complexity index is 993. The van der Waals surface area contributed by atoms with Crippen LogP contribution in [-0.4, -0.2) is 19.4 Å². The summed E-state index contributed by atoms with van der Waals surface area (Å²) in [5, 5.41) is 7.55. The van der Waals surface area contributed by atoms with Gasteiger partial charge in [0.2, 0.25) is 0 Å². The van der Waals surface area contributed by atoms with Crippen molar-refractivity contribution in [3.8, 4) is 11.5 Å². The van der Waals surface area contributed by atoms with Crippen LogP contribution in [0.15, 0.2) is 53.9 Å². The van der Waals surface area contributed by atoms with E-state index in [1.807, 2.05) is 29.6 Å². The smallest absolute Gasteiger partial charge is 0.319 e. The number of carbonyl (C=O) groups excluding carboxylic acids is 1. The van der Waals surface area contributed by atoms with Gasteiger partial charge in [-0.1, -0.05) is 6.07 Å². The fourth-order valence-electron chi connectivity index (χ4n) is 3.11. The van der Waals surface area contributed by atoms with E-state index in [0.717, 1.165) is 10.6 Å². The first kappa shape index (κ1) is 20.2. The normalized spacial score (nSPS) is 12.6. The Morgan fingerprint density at radius 3 is 2.87 bits per heavy atom. The first-order chi connectivity index (χ1) is 14.7. The summed E-state index contributed by atoms with van der Waals surface area (Å²) in [5.41, 5.74) is 2.04. The predicted molar refractivity (Wildman–Crippen MR) is 113 cm³/mol. The lowest BCUT2D eigenvalue weighted by atomic mass is 10.1. The molecule has 0 radical (unpaired) electrons. The first-order valence-corrected chi connectivity index (χ1v) is 10.4. The number of benzene rings is 2. The summed E-state index contributed by atoms with van der Waals surface area (Å²) in [6.45, 7) is 1.33. The summed E-state index contributed by atoms with van der Waals surface area (Å²) in [6.07, 6.45) is 0.447. The number of nitrogens with one attached hydrogen (secondary N) is 2. The minimum absolute atomic E-state index is 0.145. The van der Waals surface area contributed by atoms with E-state index in [4.69, 9.17) is 14.2 Å². The standard InChI is InChI=1S/C22H21FN2O4S/c23-17-10-15(21-16(11-17)12-27-14-29-21)7-8-24-22(26)25-18-3-5-19(6-4-18)28-13-20-2-1-9-30-20/h1-6,9-11H,7-8,12-14H2,(H2,24,25,26). The van der Waals surface area contributed by atoms with Crippen molar-refractivity contribution in [3.05, 3.63) is 75.7 Å². The Balaban J connectivity index is 1.25. The van der Waals surface area contributed by atoms with Crippen molar-refractivity contribution in [2.75, 3.05) is 18.7 Å². The van der Waals surface area contributed by atoms with Gasteiger partial charge in [-0.05, 0) is 59.8 Å². The largest absolute Gasteiger partial charge is 0.488 e. The van der Waals surface area contributed by atoms with Crippen molar-refractivity contribution < 1.29 is 23.4 Å². The van der Waals surface area contributed by atoms with Gasteiger partial charge in [0.1, 0.15) is 23.9 Å². The lowest BCUT2D eigenvalue weighted by molar-refractivity contribution is -0.0172. The number of hydrogen-bond acceptors (Lipinski definition) is 5. The molecule has 0 atom stereocenters. The van der Waals surface area contributed by atoms with Crippen molar-refractivity contribution >= 4 is 23.1 Å². The molecule has 6 nitrogen and oxygen atoms in total. The van der Waals surface area contributed by atoms with E-state index in [0.29, 0.717) is 48.7 Å². The molecule has 4 rings (SSSR count). The van der Waals surface area contributed by atoms with Gasteiger partial charge < -0.3 is 24.8 Å². The van der Waals surface area contributed by atoms with E-state index < -0.39 is 0 Å². The maximum Gasteiger partial charge on any atom is 0.319 e. The average molecular weight is 428 g/mol. The SMILES string of the molecule is O=C(NCCc1cc(F)cc2c1OCOC2)Nc1ccc(OCc2cccs2)cc1. The molecule has 0 saturated heterocycles. The third kappa shape index (κ3) is 5.28. The van der Waals surface area contributed by atoms with Crippen LogP contribution < -0.4 is 20.1 Å². The summed E-state index contributed by atoms with van der Waals surface area (Å²) in [6, 6.07) is 13.7. The van der Waals surface area contributed by atoms with Crippen LogP contribution >= 0.6 is 11.3 Å². The molecule has 1 aliphatic rings. The van der Waals surface area contributed by atoms with Gasteiger partial charge in [0, 0.05) is 22.7 Å². The summed E-state index contributed by atoms with van der Waals surface area (Å²) < 4.78 is 30.2. The molecule has 156 valence electrons. The highest BCUT2D eigenvalue weighted by molar-refractivity contribution is 7.09. The lowest BCUT2D eigenvalue weighted by Gasteiger charge is -2.21. The molecule has 0 saturated carbocycles. The van der Waals surface area contributed by atoms with E-state index in [1.54, 1.807) is 23.5 Å². The van der Waals surface area contributed by atoms with E-state index in [1.165, 1.54) is 12.1 Å². The quantitative estimate of drug-likeness (QED) is 0.573. The van der Waals surface area contributed by atoms with Gasteiger partial charge in [-0.15, -0.1) is 11.3 Å². The molecule has 0 bridgehead atoms. The number of urea groups is 1. The molecule has 2 amide bonds. The van der Waals surface area contributed by atoms with Gasteiger partial charge >= 0.3 is 6.03 Å². The second-order valence-electron chi connectivity index (χ2n) is 6.69. The number of halogens is 1. The number of rotatable bonds is 7. The van der Waals surface area contributed by atoms with Gasteiger partial charge in [-0.2, -0.15) is 0 Å². The summed E-state index contributed by atoms with van der Waals surface area (Å²) in [5.74, 6) is 1.03. The Labute approximate surface area is 177 Å². The van der Waals surface area contributed by atoms with Crippen molar-refractivity contribution in [2.24, 2.45) is 0 Å². The molecule has 1 aromatic heterocycles. The molecule has 30 heavy (non-hydrogen) atoms. The third-order valence-corrected chi connectivity index (χ3v) is 5.35. The number of anilines is 1. The fourth-order valence-corrected chi connectivity index (χ4v) is 3.73. The Kier molecular flexibility index (Phi) is 6.46. The van der Waals surface area contributed by atoms with Crippen LogP contribution in [0.2, 0.25) is 0 Å². The molecular weight excluding hydrogens is 407 g/mol. The van der Waals surface area contributed by atoms with Crippen LogP contribution in [-0.2, 0) is 24.4 Å². The molecule has 2 N–H and O–H groups in total. The van der Waals surface area contributed by atoms with Crippen LogP contribution in [0.3, 0.4) is 0 Å². The first-order valence-electron chi connectivity index (χ1n) is 9.49. The maximum absolute atomic E-state index is 13.8. The molecule has 2 heterocycles. The Morgan fingerprint density at radius 2 is 2.07 bits per heavy atom. The average Bonchev–Trinajstić information content (AvgIpc) is 3.27. The zero-order valence-electron chi connectivity index (χ0n) is 16.2. The van der Waals surface area contributed by atoms with Crippen LogP contribution in [0, 0.1) is 5.82 Å². The lowest BCUT2D eigenvalue weighted by Crippen LogP contribution is -2.30. The number of ether oxygens (including phenoxy) is 3. The summed E-state index contributed by atoms with van der Waals surface area (Å²) >= 11 is 1.64. The predicted octanol–water partition coefficient (Wildman–Crippen LogP) is 4.70. The van der Waals surface area contributed by atoms with E-state index in [2.05, 4.69) is 10.6 Å². The number of hydrogen-bond donors (Lipinski definition) is 2. The van der Waals surface area contributed by atoms with Crippen LogP contribution in [0.5, 0.6) is 11.5 Å². The Hall–Kier alpha value is -3.10. The number of carbonyl (C=O) groups is 1. The molecule has 0 unspecified atom stereocenters. The minimum atomic E-state index is -0.344. The second-order valence-corrected chi connectivity index (χ2v) is 7.72. The number of fused-ring (bicyclic) bond motifs is 1. The fraction of sp³-hybridized carbons (Fsp3) is 0.227. The molecule has 0 fully saturated rings. The number of amides is 2. The summed E-state index contributed by atoms with van der Waals surface area (Å²) in [4.78, 5) is 13.3. The van der Waals surface area contributed by atoms with E-state index in [9.17, 15) is 9.18 Å². The topological polar surface area (TPSA) is 68.8 Å². The molecule has 3 aromatic rings. The van der Waals surface area contributed by atoms with Crippen molar-refractivity contribution in [1.29, 1.82) is 0 Å². The zero-order chi connectivity index (χ0) is 20.8. The van der Waals surface area contributed by atoms with Crippen LogP contribution in [0.25, 0.3) is 0 Å². The molecular formula is C22H21FN2O4S. The molecule has 1 aliphatic heterocycles. The monoisotopic (exact) mass is 428 g/mol. The molecule has 8 heteroatoms. The van der Waals surface area contributed by atoms with Gasteiger partial charge in [0.15, 0.2) is 6.79 Å². The highest BCUT2D eigenvalue weighted by atomic mass is 32.1. The third-order valence-electron chi connectivity index (χ3n) is 4.50. The highest BCUT2D eigenvalue weighted by Gasteiger charge is 2.17. The van der Waals surface area contributed by atoms with Crippen molar-refractivity contribution in [1.82, 2.24) is 5.32 Å². The molecule has 0 spiro atoms. The van der Waals surface area contributed by atoms with Gasteiger partial charge in [-0.3, -0.25) is 0 Å². The second kappa shape index (κ2) is 9.60. The van der Waals surface area contributed by atoms with E-state index in [-0.39, 0.29) is 18.6 Å². The van der Waals surface area contributed by atoms with Gasteiger partial charge in [0.05, 0.1) is 6.61 Å². The Morgan fingerprint density at radius 1 is 1.20 bits per heavy atom. The minimum Gasteiger partial charge on any atom is -0.488 e. The van der Waals surface area contributed by atoms with Gasteiger partial charge in [0.25, 0.3) is 0 Å². The van der Waals surface area contributed by atoms with Crippen LogP contribution in [0.4, 0.5) is 14.9 Å². The molecule has 2 aromatic carbocycles. The van der Waals surface area contributed by atoms with E-state index >= 15 is 0 Å². The van der Waals surface area contributed by atoms with Crippen LogP contribution in [0.1, 0.15) is 16.0 Å². The highest BCUT2D eigenvalue weighted by Crippen LogP contribution is 2.29. The van der Waals surface area contributed by atoms with Gasteiger partial charge in [-0.25, -0.2) is 9.18 Å². The van der Waals surface area contributed by atoms with Crippen molar-refractivity contribution in [3.63, 3.8) is 0 Å². The maximum atomic E-state index is 13.8.